The van der Waals surface area contributed by atoms with Crippen LogP contribution in [0.4, 0.5) is 4.39 Å². The van der Waals surface area contributed by atoms with Gasteiger partial charge in [0, 0.05) is 17.6 Å². The fourth-order valence-electron chi connectivity index (χ4n) is 2.14. The van der Waals surface area contributed by atoms with E-state index in [9.17, 15) is 4.39 Å². The third-order valence-corrected chi connectivity index (χ3v) is 2.90. The summed E-state index contributed by atoms with van der Waals surface area (Å²) in [6.07, 6.45) is 3.43. The molecule has 0 aromatic heterocycles. The quantitative estimate of drug-likeness (QED) is 0.723. The summed E-state index contributed by atoms with van der Waals surface area (Å²) in [5.41, 5.74) is 0.819. The van der Waals surface area contributed by atoms with Gasteiger partial charge in [-0.3, -0.25) is 0 Å². The molecule has 1 heterocycles. The monoisotopic (exact) mass is 193 g/mol. The van der Waals surface area contributed by atoms with E-state index in [1.165, 1.54) is 18.9 Å². The Morgan fingerprint density at radius 1 is 1.29 bits per heavy atom. The largest absolute Gasteiger partial charge is 0.307 e. The summed E-state index contributed by atoms with van der Waals surface area (Å²) in [5.74, 6) is -0.0842. The van der Waals surface area contributed by atoms with Crippen molar-refractivity contribution in [3.8, 4) is 0 Å². The van der Waals surface area contributed by atoms with Crippen molar-refractivity contribution in [2.45, 2.75) is 38.3 Å². The summed E-state index contributed by atoms with van der Waals surface area (Å²) in [4.78, 5) is 0. The van der Waals surface area contributed by atoms with E-state index < -0.39 is 0 Å². The van der Waals surface area contributed by atoms with Gasteiger partial charge in [0.1, 0.15) is 5.82 Å². The number of piperidine rings is 1. The Morgan fingerprint density at radius 3 is 2.79 bits per heavy atom. The molecule has 1 aromatic rings. The maximum atomic E-state index is 13.5. The van der Waals surface area contributed by atoms with Gasteiger partial charge in [0.25, 0.3) is 0 Å². The first-order valence-electron chi connectivity index (χ1n) is 5.28. The van der Waals surface area contributed by atoms with E-state index >= 15 is 0 Å². The van der Waals surface area contributed by atoms with Gasteiger partial charge in [-0.15, -0.1) is 0 Å². The van der Waals surface area contributed by atoms with Gasteiger partial charge < -0.3 is 5.32 Å². The lowest BCUT2D eigenvalue weighted by molar-refractivity contribution is 0.334. The Balaban J connectivity index is 2.18. The number of benzene rings is 1. The summed E-state index contributed by atoms with van der Waals surface area (Å²) in [5, 5.41) is 3.43. The predicted octanol–water partition coefficient (Wildman–Crippen LogP) is 3.03. The molecule has 1 aromatic carbocycles. The molecule has 1 nitrogen and oxygen atoms in total. The molecule has 0 amide bonds. The highest BCUT2D eigenvalue weighted by molar-refractivity contribution is 5.21. The van der Waals surface area contributed by atoms with Gasteiger partial charge >= 0.3 is 0 Å². The van der Waals surface area contributed by atoms with Crippen LogP contribution in [0.25, 0.3) is 0 Å². The molecule has 1 fully saturated rings. The van der Waals surface area contributed by atoms with Crippen molar-refractivity contribution in [3.63, 3.8) is 0 Å². The molecule has 2 heteroatoms. The predicted molar refractivity (Wildman–Crippen MR) is 55.6 cm³/mol. The maximum absolute atomic E-state index is 13.5. The first-order valence-corrected chi connectivity index (χ1v) is 5.28. The second-order valence-electron chi connectivity index (χ2n) is 4.07. The van der Waals surface area contributed by atoms with E-state index in [1.54, 1.807) is 6.07 Å². The molecule has 76 valence electrons. The Bertz CT molecular complexity index is 311. The summed E-state index contributed by atoms with van der Waals surface area (Å²) in [6, 6.07) is 7.78. The third kappa shape index (κ3) is 1.95. The van der Waals surface area contributed by atoms with Crippen LogP contribution < -0.4 is 5.32 Å². The maximum Gasteiger partial charge on any atom is 0.127 e. The minimum Gasteiger partial charge on any atom is -0.307 e. The van der Waals surface area contributed by atoms with E-state index in [-0.39, 0.29) is 11.9 Å². The lowest BCUT2D eigenvalue weighted by Crippen LogP contribution is -2.34. The highest BCUT2D eigenvalue weighted by Gasteiger charge is 2.21. The van der Waals surface area contributed by atoms with Gasteiger partial charge in [0.15, 0.2) is 0 Å². The Morgan fingerprint density at radius 2 is 2.07 bits per heavy atom. The minimum atomic E-state index is -0.0842. The Kier molecular flexibility index (Phi) is 2.82. The van der Waals surface area contributed by atoms with Crippen LogP contribution in [0.3, 0.4) is 0 Å². The van der Waals surface area contributed by atoms with Gasteiger partial charge in [-0.05, 0) is 25.8 Å². The Labute approximate surface area is 84.3 Å². The van der Waals surface area contributed by atoms with Gasteiger partial charge in [0.05, 0.1) is 0 Å². The second kappa shape index (κ2) is 4.09. The van der Waals surface area contributed by atoms with Crippen LogP contribution >= 0.6 is 0 Å². The molecular weight excluding hydrogens is 177 g/mol. The first-order chi connectivity index (χ1) is 6.77. The number of halogens is 1. The molecule has 0 aliphatic carbocycles. The molecule has 2 rings (SSSR count). The van der Waals surface area contributed by atoms with E-state index in [4.69, 9.17) is 0 Å². The lowest BCUT2D eigenvalue weighted by Gasteiger charge is -2.29. The fourth-order valence-corrected chi connectivity index (χ4v) is 2.14. The van der Waals surface area contributed by atoms with Crippen LogP contribution in [0.5, 0.6) is 0 Å². The van der Waals surface area contributed by atoms with Crippen molar-refractivity contribution in [2.75, 3.05) is 0 Å². The van der Waals surface area contributed by atoms with Crippen LogP contribution in [-0.2, 0) is 0 Å². The second-order valence-corrected chi connectivity index (χ2v) is 4.07. The summed E-state index contributed by atoms with van der Waals surface area (Å²) >= 11 is 0. The third-order valence-electron chi connectivity index (χ3n) is 2.90. The average Bonchev–Trinajstić information content (AvgIpc) is 2.18. The van der Waals surface area contributed by atoms with Gasteiger partial charge in [-0.1, -0.05) is 24.6 Å². The zero-order chi connectivity index (χ0) is 9.97. The fraction of sp³-hybridized carbons (Fsp3) is 0.500. The van der Waals surface area contributed by atoms with Crippen LogP contribution in [0.15, 0.2) is 24.3 Å². The number of nitrogens with one attached hydrogen (secondary N) is 1. The number of rotatable bonds is 1. The molecule has 1 aliphatic rings. The molecular formula is C12H16FN. The highest BCUT2D eigenvalue weighted by Crippen LogP contribution is 2.26. The van der Waals surface area contributed by atoms with E-state index in [1.807, 2.05) is 12.1 Å². The molecule has 1 N–H and O–H groups in total. The minimum absolute atomic E-state index is 0.0842. The molecule has 1 aliphatic heterocycles. The zero-order valence-electron chi connectivity index (χ0n) is 8.46. The molecule has 0 bridgehead atoms. The smallest absolute Gasteiger partial charge is 0.127 e. The van der Waals surface area contributed by atoms with Gasteiger partial charge in [0.2, 0.25) is 0 Å². The SMILES string of the molecule is CC1CCCC(c2ccccc2F)N1. The van der Waals surface area contributed by atoms with Crippen molar-refractivity contribution >= 4 is 0 Å². The molecule has 14 heavy (non-hydrogen) atoms. The van der Waals surface area contributed by atoms with Crippen molar-refractivity contribution in [1.82, 2.24) is 5.32 Å². The molecule has 2 atom stereocenters. The van der Waals surface area contributed by atoms with E-state index in [0.717, 1.165) is 12.0 Å². The van der Waals surface area contributed by atoms with Crippen molar-refractivity contribution in [3.05, 3.63) is 35.6 Å². The highest BCUT2D eigenvalue weighted by atomic mass is 19.1. The lowest BCUT2D eigenvalue weighted by atomic mass is 9.94. The van der Waals surface area contributed by atoms with Crippen LogP contribution in [0.2, 0.25) is 0 Å². The van der Waals surface area contributed by atoms with Gasteiger partial charge in [-0.25, -0.2) is 4.39 Å². The number of hydrogen-bond acceptors (Lipinski definition) is 1. The standard InChI is InChI=1S/C12H16FN/c1-9-5-4-8-12(14-9)10-6-2-3-7-11(10)13/h2-3,6-7,9,12,14H,4-5,8H2,1H3. The molecule has 0 spiro atoms. The summed E-state index contributed by atoms with van der Waals surface area (Å²) in [6.45, 7) is 2.16. The van der Waals surface area contributed by atoms with Crippen LogP contribution in [0.1, 0.15) is 37.8 Å². The summed E-state index contributed by atoms with van der Waals surface area (Å²) in [7, 11) is 0. The Hall–Kier alpha value is -0.890. The van der Waals surface area contributed by atoms with Crippen molar-refractivity contribution in [2.24, 2.45) is 0 Å². The topological polar surface area (TPSA) is 12.0 Å². The molecule has 2 unspecified atom stereocenters. The molecule has 0 radical (unpaired) electrons. The average molecular weight is 193 g/mol. The number of hydrogen-bond donors (Lipinski definition) is 1. The zero-order valence-corrected chi connectivity index (χ0v) is 8.46. The van der Waals surface area contributed by atoms with Crippen LogP contribution in [-0.4, -0.2) is 6.04 Å². The first kappa shape index (κ1) is 9.66. The van der Waals surface area contributed by atoms with Crippen molar-refractivity contribution < 1.29 is 4.39 Å². The van der Waals surface area contributed by atoms with E-state index in [0.29, 0.717) is 6.04 Å². The van der Waals surface area contributed by atoms with Crippen LogP contribution in [0, 0.1) is 5.82 Å². The normalized spacial score (nSPS) is 27.6. The molecule has 1 saturated heterocycles. The van der Waals surface area contributed by atoms with E-state index in [2.05, 4.69) is 12.2 Å². The summed E-state index contributed by atoms with van der Waals surface area (Å²) < 4.78 is 13.5. The molecule has 0 saturated carbocycles. The van der Waals surface area contributed by atoms with Crippen molar-refractivity contribution in [1.29, 1.82) is 0 Å². The van der Waals surface area contributed by atoms with Gasteiger partial charge in [-0.2, -0.15) is 0 Å².